The maximum atomic E-state index is 13.6. The van der Waals surface area contributed by atoms with Gasteiger partial charge in [0, 0.05) is 6.07 Å². The highest BCUT2D eigenvalue weighted by Gasteiger charge is 2.26. The molecule has 1 saturated carbocycles. The number of aliphatic hydroxyl groups is 1. The fraction of sp³-hybridized carbons (Fsp3) is 0.533. The number of halogens is 1. The zero-order chi connectivity index (χ0) is 14.3. The Bertz CT molecular complexity index is 638. The van der Waals surface area contributed by atoms with Crippen LogP contribution in [0.25, 0.3) is 11.0 Å². The van der Waals surface area contributed by atoms with Crippen molar-refractivity contribution in [1.29, 1.82) is 0 Å². The number of nitrogens with zero attached hydrogens (tertiary/aromatic N) is 2. The fourth-order valence-electron chi connectivity index (χ4n) is 3.16. The van der Waals surface area contributed by atoms with Crippen LogP contribution in [0, 0.1) is 12.7 Å². The third kappa shape index (κ3) is 2.16. The molecule has 0 spiro atoms. The predicted molar refractivity (Wildman–Crippen MR) is 77.0 cm³/mol. The van der Waals surface area contributed by atoms with E-state index in [0.29, 0.717) is 17.0 Å². The summed E-state index contributed by atoms with van der Waals surface area (Å²) in [7, 11) is 0. The van der Waals surface area contributed by atoms with Crippen LogP contribution in [0.5, 0.6) is 0 Å². The summed E-state index contributed by atoms with van der Waals surface area (Å²) in [6, 6.07) is 3.12. The number of nitrogens with two attached hydrogens (primary N) is 1. The Hall–Kier alpha value is -1.62. The summed E-state index contributed by atoms with van der Waals surface area (Å²) in [6.07, 6.45) is 4.49. The van der Waals surface area contributed by atoms with Crippen molar-refractivity contribution >= 4 is 17.0 Å². The summed E-state index contributed by atoms with van der Waals surface area (Å²) in [5.41, 5.74) is 7.96. The summed E-state index contributed by atoms with van der Waals surface area (Å²) in [4.78, 5) is 4.24. The highest BCUT2D eigenvalue weighted by molar-refractivity contribution is 5.79. The lowest BCUT2D eigenvalue weighted by atomic mass is 10.1. The second-order valence-electron chi connectivity index (χ2n) is 5.70. The van der Waals surface area contributed by atoms with Crippen molar-refractivity contribution in [3.8, 4) is 0 Å². The maximum absolute atomic E-state index is 13.6. The third-order valence-electron chi connectivity index (χ3n) is 4.27. The zero-order valence-corrected chi connectivity index (χ0v) is 11.6. The fourth-order valence-corrected chi connectivity index (χ4v) is 3.16. The van der Waals surface area contributed by atoms with Gasteiger partial charge in [0.15, 0.2) is 0 Å². The molecule has 0 saturated heterocycles. The number of benzene rings is 1. The molecule has 20 heavy (non-hydrogen) atoms. The van der Waals surface area contributed by atoms with Crippen LogP contribution in [0.3, 0.4) is 0 Å². The lowest BCUT2D eigenvalue weighted by Crippen LogP contribution is -2.24. The van der Waals surface area contributed by atoms with Gasteiger partial charge in [-0.25, -0.2) is 9.37 Å². The van der Waals surface area contributed by atoms with Gasteiger partial charge >= 0.3 is 0 Å². The van der Waals surface area contributed by atoms with Crippen LogP contribution < -0.4 is 5.73 Å². The molecule has 2 atom stereocenters. The van der Waals surface area contributed by atoms with Crippen molar-refractivity contribution in [2.75, 3.05) is 5.73 Å². The first-order chi connectivity index (χ1) is 9.58. The third-order valence-corrected chi connectivity index (χ3v) is 4.27. The number of aromatic nitrogens is 2. The van der Waals surface area contributed by atoms with Crippen LogP contribution in [0.2, 0.25) is 0 Å². The van der Waals surface area contributed by atoms with Gasteiger partial charge in [0.05, 0.1) is 23.2 Å². The first kappa shape index (κ1) is 13.4. The molecule has 4 nitrogen and oxygen atoms in total. The standard InChI is InChI=1S/C15H20FN3O/c1-9-7-13-11(8-10(9)16)18-15(17)19(13)12-5-3-2-4-6-14(12)20/h7-8,12,14,20H,2-6H2,1H3,(H2,17,18). The molecule has 3 N–H and O–H groups in total. The summed E-state index contributed by atoms with van der Waals surface area (Å²) >= 11 is 0. The van der Waals surface area contributed by atoms with Crippen molar-refractivity contribution < 1.29 is 9.50 Å². The van der Waals surface area contributed by atoms with Gasteiger partial charge in [-0.15, -0.1) is 0 Å². The van der Waals surface area contributed by atoms with E-state index in [0.717, 1.165) is 37.6 Å². The van der Waals surface area contributed by atoms with Gasteiger partial charge in [0.1, 0.15) is 5.82 Å². The molecule has 3 rings (SSSR count). The molecule has 2 unspecified atom stereocenters. The highest BCUT2D eigenvalue weighted by Crippen LogP contribution is 2.33. The smallest absolute Gasteiger partial charge is 0.201 e. The molecule has 1 aromatic carbocycles. The summed E-state index contributed by atoms with van der Waals surface area (Å²) in [5.74, 6) is 0.0829. The van der Waals surface area contributed by atoms with Gasteiger partial charge in [-0.3, -0.25) is 0 Å². The number of hydrogen-bond donors (Lipinski definition) is 2. The summed E-state index contributed by atoms with van der Waals surface area (Å²) in [6.45, 7) is 1.73. The molecule has 1 heterocycles. The molecule has 108 valence electrons. The van der Waals surface area contributed by atoms with E-state index in [1.54, 1.807) is 13.0 Å². The summed E-state index contributed by atoms with van der Waals surface area (Å²) in [5, 5.41) is 10.4. The SMILES string of the molecule is Cc1cc2c(cc1F)nc(N)n2C1CCCCCC1O. The molecule has 5 heteroatoms. The number of nitrogen functional groups attached to an aromatic ring is 1. The molecule has 0 radical (unpaired) electrons. The van der Waals surface area contributed by atoms with E-state index in [-0.39, 0.29) is 11.9 Å². The zero-order valence-electron chi connectivity index (χ0n) is 11.6. The Morgan fingerprint density at radius 2 is 2.05 bits per heavy atom. The molecule has 0 amide bonds. The van der Waals surface area contributed by atoms with E-state index < -0.39 is 6.10 Å². The van der Waals surface area contributed by atoms with Gasteiger partial charge in [-0.05, 0) is 31.4 Å². The average molecular weight is 277 g/mol. The molecule has 2 aromatic rings. The van der Waals surface area contributed by atoms with E-state index in [9.17, 15) is 9.50 Å². The number of aliphatic hydroxyl groups excluding tert-OH is 1. The minimum atomic E-state index is -0.414. The van der Waals surface area contributed by atoms with E-state index in [1.165, 1.54) is 6.07 Å². The van der Waals surface area contributed by atoms with Crippen molar-refractivity contribution in [2.45, 2.75) is 51.2 Å². The van der Waals surface area contributed by atoms with E-state index >= 15 is 0 Å². The highest BCUT2D eigenvalue weighted by atomic mass is 19.1. The van der Waals surface area contributed by atoms with E-state index in [4.69, 9.17) is 5.73 Å². The van der Waals surface area contributed by atoms with Crippen LogP contribution in [0.15, 0.2) is 12.1 Å². The number of imidazole rings is 1. The van der Waals surface area contributed by atoms with Gasteiger partial charge in [0.2, 0.25) is 5.95 Å². The average Bonchev–Trinajstić information content (AvgIpc) is 2.58. The van der Waals surface area contributed by atoms with Gasteiger partial charge in [-0.2, -0.15) is 0 Å². The van der Waals surface area contributed by atoms with Crippen molar-refractivity contribution in [1.82, 2.24) is 9.55 Å². The first-order valence-electron chi connectivity index (χ1n) is 7.19. The lowest BCUT2D eigenvalue weighted by Gasteiger charge is -2.23. The number of hydrogen-bond acceptors (Lipinski definition) is 3. The number of anilines is 1. The number of aryl methyl sites for hydroxylation is 1. The Labute approximate surface area is 117 Å². The van der Waals surface area contributed by atoms with E-state index in [2.05, 4.69) is 4.98 Å². The second-order valence-corrected chi connectivity index (χ2v) is 5.70. The molecule has 0 bridgehead atoms. The predicted octanol–water partition coefficient (Wildman–Crippen LogP) is 2.93. The van der Waals surface area contributed by atoms with Crippen LogP contribution >= 0.6 is 0 Å². The van der Waals surface area contributed by atoms with Crippen LogP contribution in [-0.4, -0.2) is 20.8 Å². The van der Waals surface area contributed by atoms with Crippen LogP contribution in [0.1, 0.15) is 43.7 Å². The second kappa shape index (κ2) is 5.05. The van der Waals surface area contributed by atoms with Gasteiger partial charge in [-0.1, -0.05) is 19.3 Å². The first-order valence-corrected chi connectivity index (χ1v) is 7.19. The molecule has 1 aliphatic rings. The number of rotatable bonds is 1. The summed E-state index contributed by atoms with van der Waals surface area (Å²) < 4.78 is 15.5. The van der Waals surface area contributed by atoms with E-state index in [1.807, 2.05) is 4.57 Å². The van der Waals surface area contributed by atoms with Crippen LogP contribution in [0.4, 0.5) is 10.3 Å². The van der Waals surface area contributed by atoms with Gasteiger partial charge in [0.25, 0.3) is 0 Å². The van der Waals surface area contributed by atoms with Crippen molar-refractivity contribution in [3.05, 3.63) is 23.5 Å². The lowest BCUT2D eigenvalue weighted by molar-refractivity contribution is 0.108. The minimum Gasteiger partial charge on any atom is -0.391 e. The monoisotopic (exact) mass is 277 g/mol. The van der Waals surface area contributed by atoms with Crippen LogP contribution in [-0.2, 0) is 0 Å². The Kier molecular flexibility index (Phi) is 3.38. The largest absolute Gasteiger partial charge is 0.391 e. The normalized spacial score (nSPS) is 23.9. The molecule has 0 aliphatic heterocycles. The van der Waals surface area contributed by atoms with Crippen molar-refractivity contribution in [2.24, 2.45) is 0 Å². The number of fused-ring (bicyclic) bond motifs is 1. The molecule has 1 aliphatic carbocycles. The molecular formula is C15H20FN3O. The quantitative estimate of drug-likeness (QED) is 0.788. The molecule has 1 aromatic heterocycles. The molecular weight excluding hydrogens is 257 g/mol. The Morgan fingerprint density at radius 1 is 1.30 bits per heavy atom. The molecule has 1 fully saturated rings. The van der Waals surface area contributed by atoms with Gasteiger partial charge < -0.3 is 15.4 Å². The van der Waals surface area contributed by atoms with Crippen molar-refractivity contribution in [3.63, 3.8) is 0 Å². The Balaban J connectivity index is 2.14. The Morgan fingerprint density at radius 3 is 2.85 bits per heavy atom. The minimum absolute atomic E-state index is 0.0626. The topological polar surface area (TPSA) is 64.1 Å². The maximum Gasteiger partial charge on any atom is 0.201 e.